The van der Waals surface area contributed by atoms with Crippen LogP contribution in [-0.2, 0) is 17.6 Å². The van der Waals surface area contributed by atoms with Crippen molar-refractivity contribution in [3.05, 3.63) is 11.7 Å². The minimum atomic E-state index is -0.691. The van der Waals surface area contributed by atoms with Crippen molar-refractivity contribution in [1.82, 2.24) is 15.0 Å². The van der Waals surface area contributed by atoms with Gasteiger partial charge in [-0.05, 0) is 19.3 Å². The van der Waals surface area contributed by atoms with E-state index in [9.17, 15) is 9.90 Å². The van der Waals surface area contributed by atoms with Crippen molar-refractivity contribution in [1.29, 1.82) is 0 Å². The van der Waals surface area contributed by atoms with E-state index < -0.39 is 5.60 Å². The normalized spacial score (nSPS) is 17.1. The summed E-state index contributed by atoms with van der Waals surface area (Å²) >= 11 is 0. The Hall–Kier alpha value is -1.43. The molecule has 6 heteroatoms. The van der Waals surface area contributed by atoms with Crippen LogP contribution in [0.1, 0.15) is 57.2 Å². The van der Waals surface area contributed by atoms with E-state index in [0.29, 0.717) is 31.1 Å². The molecule has 0 unspecified atom stereocenters. The van der Waals surface area contributed by atoms with Crippen LogP contribution in [0.2, 0.25) is 0 Å². The molecule has 1 aromatic rings. The molecule has 0 spiro atoms. The van der Waals surface area contributed by atoms with E-state index in [0.717, 1.165) is 38.5 Å². The Balaban J connectivity index is 1.77. The maximum Gasteiger partial charge on any atom is 0.227 e. The molecular weight excluding hydrogens is 270 g/mol. The fraction of sp³-hybridized carbons (Fsp3) is 0.800. The fourth-order valence-corrected chi connectivity index (χ4v) is 2.84. The summed E-state index contributed by atoms with van der Waals surface area (Å²) in [5.74, 6) is 1.22. The summed E-state index contributed by atoms with van der Waals surface area (Å²) in [4.78, 5) is 18.0. The highest BCUT2D eigenvalue weighted by molar-refractivity contribution is 5.76. The highest BCUT2D eigenvalue weighted by atomic mass is 16.5. The highest BCUT2D eigenvalue weighted by Gasteiger charge is 2.33. The van der Waals surface area contributed by atoms with Crippen LogP contribution >= 0.6 is 0 Å². The Morgan fingerprint density at radius 1 is 1.38 bits per heavy atom. The average Bonchev–Trinajstić information content (AvgIpc) is 3.06. The van der Waals surface area contributed by atoms with Crippen molar-refractivity contribution in [3.8, 4) is 0 Å². The number of aliphatic hydroxyl groups is 1. The third kappa shape index (κ3) is 4.52. The summed E-state index contributed by atoms with van der Waals surface area (Å²) in [5.41, 5.74) is -0.691. The van der Waals surface area contributed by atoms with Gasteiger partial charge in [-0.3, -0.25) is 4.79 Å². The molecule has 1 fully saturated rings. The van der Waals surface area contributed by atoms with E-state index in [1.165, 1.54) is 0 Å². The fourth-order valence-electron chi connectivity index (χ4n) is 2.84. The second-order valence-electron chi connectivity index (χ2n) is 6.04. The van der Waals surface area contributed by atoms with Gasteiger partial charge in [-0.2, -0.15) is 4.98 Å². The smallest absolute Gasteiger partial charge is 0.227 e. The highest BCUT2D eigenvalue weighted by Crippen LogP contribution is 2.30. The van der Waals surface area contributed by atoms with Crippen molar-refractivity contribution >= 4 is 5.91 Å². The first-order chi connectivity index (χ1) is 10.0. The van der Waals surface area contributed by atoms with Gasteiger partial charge in [0.1, 0.15) is 0 Å². The largest absolute Gasteiger partial charge is 0.388 e. The molecule has 1 heterocycles. The summed E-state index contributed by atoms with van der Waals surface area (Å²) in [5, 5.41) is 14.2. The maximum atomic E-state index is 12.1. The Morgan fingerprint density at radius 2 is 2.10 bits per heavy atom. The zero-order valence-corrected chi connectivity index (χ0v) is 13.0. The van der Waals surface area contributed by atoms with Crippen molar-refractivity contribution in [2.24, 2.45) is 0 Å². The number of aromatic nitrogens is 2. The summed E-state index contributed by atoms with van der Waals surface area (Å²) < 4.78 is 5.12. The van der Waals surface area contributed by atoms with Crippen LogP contribution in [0.4, 0.5) is 0 Å². The van der Waals surface area contributed by atoms with E-state index >= 15 is 0 Å². The number of likely N-dealkylation sites (N-methyl/N-ethyl adjacent to an activating group) is 1. The van der Waals surface area contributed by atoms with Gasteiger partial charge in [-0.25, -0.2) is 0 Å². The lowest BCUT2D eigenvalue weighted by Crippen LogP contribution is -2.42. The van der Waals surface area contributed by atoms with Gasteiger partial charge in [0.15, 0.2) is 5.82 Å². The van der Waals surface area contributed by atoms with Crippen molar-refractivity contribution in [2.45, 2.75) is 63.9 Å². The molecule has 0 atom stereocenters. The van der Waals surface area contributed by atoms with Crippen molar-refractivity contribution < 1.29 is 14.4 Å². The van der Waals surface area contributed by atoms with Crippen LogP contribution in [0.15, 0.2) is 4.52 Å². The SMILES string of the molecule is CCCc1noc(CCC(=O)N(C)CC2(O)CCCC2)n1. The predicted molar refractivity (Wildman–Crippen MR) is 77.7 cm³/mol. The summed E-state index contributed by atoms with van der Waals surface area (Å²) in [6.07, 6.45) is 6.22. The predicted octanol–water partition coefficient (Wildman–Crippen LogP) is 1.72. The van der Waals surface area contributed by atoms with E-state index in [2.05, 4.69) is 17.1 Å². The summed E-state index contributed by atoms with van der Waals surface area (Å²) in [6, 6.07) is 0. The van der Waals surface area contributed by atoms with Crippen LogP contribution < -0.4 is 0 Å². The van der Waals surface area contributed by atoms with E-state index in [1.807, 2.05) is 0 Å². The molecule has 2 rings (SSSR count). The Kier molecular flexibility index (Phi) is 5.33. The zero-order valence-electron chi connectivity index (χ0n) is 13.0. The number of carbonyl (C=O) groups excluding carboxylic acids is 1. The molecule has 0 aromatic carbocycles. The summed E-state index contributed by atoms with van der Waals surface area (Å²) in [6.45, 7) is 2.47. The monoisotopic (exact) mass is 295 g/mol. The first-order valence-corrected chi connectivity index (χ1v) is 7.80. The minimum Gasteiger partial charge on any atom is -0.388 e. The van der Waals surface area contributed by atoms with Crippen LogP contribution in [-0.4, -0.2) is 45.2 Å². The molecular formula is C15H25N3O3. The van der Waals surface area contributed by atoms with Gasteiger partial charge in [0.2, 0.25) is 11.8 Å². The molecule has 1 aliphatic rings. The van der Waals surface area contributed by atoms with Gasteiger partial charge in [-0.15, -0.1) is 0 Å². The average molecular weight is 295 g/mol. The van der Waals surface area contributed by atoms with E-state index in [1.54, 1.807) is 11.9 Å². The van der Waals surface area contributed by atoms with Crippen LogP contribution in [0.25, 0.3) is 0 Å². The van der Waals surface area contributed by atoms with Gasteiger partial charge in [0, 0.05) is 32.9 Å². The van der Waals surface area contributed by atoms with Gasteiger partial charge in [0.25, 0.3) is 0 Å². The van der Waals surface area contributed by atoms with Gasteiger partial charge < -0.3 is 14.5 Å². The molecule has 1 N–H and O–H groups in total. The molecule has 0 bridgehead atoms. The summed E-state index contributed by atoms with van der Waals surface area (Å²) in [7, 11) is 1.74. The molecule has 1 saturated carbocycles. The minimum absolute atomic E-state index is 0.00515. The molecule has 1 aliphatic carbocycles. The second kappa shape index (κ2) is 7.02. The lowest BCUT2D eigenvalue weighted by Gasteiger charge is -2.28. The lowest BCUT2D eigenvalue weighted by atomic mass is 10.0. The first kappa shape index (κ1) is 15.9. The quantitative estimate of drug-likeness (QED) is 0.828. The Bertz CT molecular complexity index is 466. The number of aryl methyl sites for hydroxylation is 2. The molecule has 1 amide bonds. The number of carbonyl (C=O) groups is 1. The molecule has 0 aliphatic heterocycles. The standard InChI is InChI=1S/C15H25N3O3/c1-3-6-12-16-13(21-17-12)7-8-14(19)18(2)11-15(20)9-4-5-10-15/h20H,3-11H2,1-2H3. The van der Waals surface area contributed by atoms with Gasteiger partial charge in [0.05, 0.1) is 5.60 Å². The van der Waals surface area contributed by atoms with Crippen molar-refractivity contribution in [3.63, 3.8) is 0 Å². The van der Waals surface area contributed by atoms with Crippen LogP contribution in [0, 0.1) is 0 Å². The van der Waals surface area contributed by atoms with Crippen molar-refractivity contribution in [2.75, 3.05) is 13.6 Å². The zero-order chi connectivity index (χ0) is 15.3. The Morgan fingerprint density at radius 3 is 2.76 bits per heavy atom. The number of hydrogen-bond acceptors (Lipinski definition) is 5. The Labute approximate surface area is 125 Å². The van der Waals surface area contributed by atoms with E-state index in [4.69, 9.17) is 4.52 Å². The molecule has 1 aromatic heterocycles. The van der Waals surface area contributed by atoms with Gasteiger partial charge >= 0.3 is 0 Å². The number of amides is 1. The van der Waals surface area contributed by atoms with Crippen LogP contribution in [0.5, 0.6) is 0 Å². The van der Waals surface area contributed by atoms with E-state index in [-0.39, 0.29) is 5.91 Å². The lowest BCUT2D eigenvalue weighted by molar-refractivity contribution is -0.133. The van der Waals surface area contributed by atoms with Gasteiger partial charge in [-0.1, -0.05) is 24.9 Å². The molecule has 118 valence electrons. The third-order valence-corrected chi connectivity index (χ3v) is 4.03. The topological polar surface area (TPSA) is 79.5 Å². The van der Waals surface area contributed by atoms with Crippen LogP contribution in [0.3, 0.4) is 0 Å². The molecule has 21 heavy (non-hydrogen) atoms. The third-order valence-electron chi connectivity index (χ3n) is 4.03. The number of rotatable bonds is 7. The second-order valence-corrected chi connectivity index (χ2v) is 6.04. The number of hydrogen-bond donors (Lipinski definition) is 1. The molecule has 0 saturated heterocycles. The maximum absolute atomic E-state index is 12.1. The number of nitrogens with zero attached hydrogens (tertiary/aromatic N) is 3. The molecule has 0 radical (unpaired) electrons. The molecule has 6 nitrogen and oxygen atoms in total. The first-order valence-electron chi connectivity index (χ1n) is 7.80.